The maximum atomic E-state index is 14.1. The van der Waals surface area contributed by atoms with Crippen molar-refractivity contribution in [3.63, 3.8) is 0 Å². The summed E-state index contributed by atoms with van der Waals surface area (Å²) in [4.78, 5) is 30.2. The number of rotatable bonds is 9. The van der Waals surface area contributed by atoms with Gasteiger partial charge in [0, 0.05) is 30.3 Å². The summed E-state index contributed by atoms with van der Waals surface area (Å²) in [7, 11) is 3.77. The minimum Gasteiger partial charge on any atom is -0.459 e. The topological polar surface area (TPSA) is 176 Å². The molecule has 13 heteroatoms. The first-order chi connectivity index (χ1) is 25.2. The van der Waals surface area contributed by atoms with E-state index in [-0.39, 0.29) is 50.5 Å². The molecule has 3 aliphatic heterocycles. The number of esters is 1. The zero-order valence-electron chi connectivity index (χ0n) is 34.1. The molecule has 3 fully saturated rings. The van der Waals surface area contributed by atoms with Crippen LogP contribution in [-0.4, -0.2) is 143 Å². The van der Waals surface area contributed by atoms with Crippen LogP contribution in [-0.2, 0) is 39.7 Å². The summed E-state index contributed by atoms with van der Waals surface area (Å²) in [5, 5.41) is 50.2. The number of aliphatic hydroxyl groups is 4. The predicted molar refractivity (Wildman–Crippen MR) is 202 cm³/mol. The second kappa shape index (κ2) is 18.5. The summed E-state index contributed by atoms with van der Waals surface area (Å²) in [5.74, 6) is -4.37. The van der Waals surface area contributed by atoms with Crippen LogP contribution in [0.5, 0.6) is 0 Å². The number of benzene rings is 1. The molecule has 3 heterocycles. The van der Waals surface area contributed by atoms with Crippen molar-refractivity contribution in [3.8, 4) is 0 Å². The third-order valence-corrected chi connectivity index (χ3v) is 12.1. The molecule has 0 saturated carbocycles. The van der Waals surface area contributed by atoms with E-state index in [0.29, 0.717) is 13.0 Å². The number of nitrogens with one attached hydrogen (secondary N) is 1. The van der Waals surface area contributed by atoms with Crippen LogP contribution in [0.4, 0.5) is 0 Å². The molecule has 2 bridgehead atoms. The molecular formula is C41H68N2O11. The number of aliphatic hydroxyl groups excluding tert-OH is 2. The zero-order valence-corrected chi connectivity index (χ0v) is 34.1. The van der Waals surface area contributed by atoms with Crippen LogP contribution < -0.4 is 5.32 Å². The normalized spacial score (nSPS) is 43.2. The minimum absolute atomic E-state index is 0.0792. The standard InChI is InChI=1S/C41H68N2O11/c1-11-31-40(8,48)35(46)26(4)32(44)24(2)20-39(7)36(54-38-33(45)30(43(9)10)19-25(3)52-38)27(5)34(28(6)37(47)53-31)50-22-41(49,23-51-39)21-42-18-17-29-15-13-12-14-16-29/h12-16,24-28,30-31,33-36,38,42,45-46,48-49H,11,17-23H2,1-10H3/t24-,25-,26+,27+,28-,30+,31-,33-,34+,35-,36-,38-,39-,40-,41?/m1/s1. The predicted octanol–water partition coefficient (Wildman–Crippen LogP) is 2.49. The van der Waals surface area contributed by atoms with E-state index in [1.807, 2.05) is 70.1 Å². The number of hydrogen-bond donors (Lipinski definition) is 5. The monoisotopic (exact) mass is 764 g/mol. The van der Waals surface area contributed by atoms with Crippen molar-refractivity contribution in [1.82, 2.24) is 10.2 Å². The lowest BCUT2D eigenvalue weighted by molar-refractivity contribution is -0.303. The number of ketones is 1. The van der Waals surface area contributed by atoms with Crippen molar-refractivity contribution >= 4 is 11.8 Å². The summed E-state index contributed by atoms with van der Waals surface area (Å²) in [6.07, 6.45) is -5.38. The highest BCUT2D eigenvalue weighted by Gasteiger charge is 2.54. The lowest BCUT2D eigenvalue weighted by atomic mass is 9.74. The molecular weight excluding hydrogens is 696 g/mol. The van der Waals surface area contributed by atoms with Gasteiger partial charge in [0.05, 0.1) is 49.1 Å². The van der Waals surface area contributed by atoms with E-state index in [1.165, 1.54) is 6.92 Å². The Morgan fingerprint density at radius 1 is 0.981 bits per heavy atom. The van der Waals surface area contributed by atoms with Gasteiger partial charge in [0.15, 0.2) is 6.29 Å². The molecule has 13 nitrogen and oxygen atoms in total. The Kier molecular flexibility index (Phi) is 15.3. The van der Waals surface area contributed by atoms with Gasteiger partial charge in [-0.15, -0.1) is 0 Å². The van der Waals surface area contributed by atoms with Crippen molar-refractivity contribution in [3.05, 3.63) is 35.9 Å². The molecule has 0 amide bonds. The molecule has 0 aliphatic carbocycles. The lowest BCUT2D eigenvalue weighted by Gasteiger charge is -2.48. The number of fused-ring (bicyclic) bond motifs is 3. The molecule has 15 atom stereocenters. The number of Topliss-reactive ketones (excluding diaryl/α,β-unsaturated/α-hetero) is 1. The first-order valence-electron chi connectivity index (χ1n) is 19.8. The fraction of sp³-hybridized carbons (Fsp3) is 0.805. The van der Waals surface area contributed by atoms with E-state index in [9.17, 15) is 30.0 Å². The van der Waals surface area contributed by atoms with Crippen molar-refractivity contribution in [2.24, 2.45) is 23.7 Å². The molecule has 3 saturated heterocycles. The third-order valence-electron chi connectivity index (χ3n) is 12.1. The highest BCUT2D eigenvalue weighted by atomic mass is 16.7. The van der Waals surface area contributed by atoms with E-state index in [1.54, 1.807) is 27.7 Å². The SMILES string of the molecule is CC[C@H]1OC(=O)[C@H](C)[C@H]2OCC(O)(CNCCc3ccccc3)CO[C@](C)(C[C@@H](C)C(=O)[C@H](C)[C@@H](O)[C@]1(C)O)[C@H](O[C@H]1O[C@H](C)C[C@H](N(C)C)[C@H]1O)[C@H]2C. The van der Waals surface area contributed by atoms with Gasteiger partial charge in [-0.3, -0.25) is 9.59 Å². The molecule has 1 aromatic carbocycles. The van der Waals surface area contributed by atoms with Crippen LogP contribution in [0, 0.1) is 23.7 Å². The largest absolute Gasteiger partial charge is 0.459 e. The highest BCUT2D eigenvalue weighted by molar-refractivity contribution is 5.83. The summed E-state index contributed by atoms with van der Waals surface area (Å²) in [6, 6.07) is 9.72. The van der Waals surface area contributed by atoms with Crippen molar-refractivity contribution < 1.29 is 53.7 Å². The van der Waals surface area contributed by atoms with Gasteiger partial charge < -0.3 is 54.3 Å². The Morgan fingerprint density at radius 3 is 2.28 bits per heavy atom. The van der Waals surface area contributed by atoms with Gasteiger partial charge in [-0.05, 0) is 79.6 Å². The number of carbonyl (C=O) groups is 2. The lowest BCUT2D eigenvalue weighted by Crippen LogP contribution is -2.60. The second-order valence-corrected chi connectivity index (χ2v) is 17.1. The zero-order chi connectivity index (χ0) is 40.2. The van der Waals surface area contributed by atoms with E-state index in [0.717, 1.165) is 12.0 Å². The Bertz CT molecular complexity index is 1370. The first-order valence-corrected chi connectivity index (χ1v) is 19.8. The summed E-state index contributed by atoms with van der Waals surface area (Å²) in [5.41, 5.74) is -3.70. The fourth-order valence-corrected chi connectivity index (χ4v) is 8.70. The molecule has 308 valence electrons. The fourth-order valence-electron chi connectivity index (χ4n) is 8.70. The maximum absolute atomic E-state index is 14.1. The highest BCUT2D eigenvalue weighted by Crippen LogP contribution is 2.41. The van der Waals surface area contributed by atoms with E-state index >= 15 is 0 Å². The Balaban J connectivity index is 1.80. The number of likely N-dealkylation sites (N-methyl/N-ethyl adjacent to an activating group) is 1. The van der Waals surface area contributed by atoms with Crippen LogP contribution in [0.15, 0.2) is 30.3 Å². The number of carbonyl (C=O) groups excluding carboxylic acids is 2. The van der Waals surface area contributed by atoms with Crippen molar-refractivity contribution in [2.45, 2.75) is 147 Å². The summed E-state index contributed by atoms with van der Waals surface area (Å²) >= 11 is 0. The molecule has 54 heavy (non-hydrogen) atoms. The van der Waals surface area contributed by atoms with Gasteiger partial charge in [0.2, 0.25) is 0 Å². The van der Waals surface area contributed by atoms with Gasteiger partial charge in [0.1, 0.15) is 29.2 Å². The minimum atomic E-state index is -1.94. The van der Waals surface area contributed by atoms with Gasteiger partial charge in [-0.25, -0.2) is 0 Å². The van der Waals surface area contributed by atoms with Gasteiger partial charge in [0.25, 0.3) is 0 Å². The van der Waals surface area contributed by atoms with E-state index < -0.39 is 83.3 Å². The summed E-state index contributed by atoms with van der Waals surface area (Å²) in [6.45, 7) is 13.9. The van der Waals surface area contributed by atoms with Crippen LogP contribution >= 0.6 is 0 Å². The van der Waals surface area contributed by atoms with Crippen molar-refractivity contribution in [2.75, 3.05) is 40.4 Å². The average molecular weight is 765 g/mol. The number of cyclic esters (lactones) is 1. The van der Waals surface area contributed by atoms with Crippen LogP contribution in [0.3, 0.4) is 0 Å². The van der Waals surface area contributed by atoms with Crippen molar-refractivity contribution in [1.29, 1.82) is 0 Å². The van der Waals surface area contributed by atoms with E-state index in [4.69, 9.17) is 23.7 Å². The first kappa shape index (κ1) is 44.7. The van der Waals surface area contributed by atoms with Crippen LogP contribution in [0.25, 0.3) is 0 Å². The Morgan fingerprint density at radius 2 is 1.65 bits per heavy atom. The Labute approximate surface area is 322 Å². The average Bonchev–Trinajstić information content (AvgIpc) is 3.16. The second-order valence-electron chi connectivity index (χ2n) is 17.1. The molecule has 0 radical (unpaired) electrons. The molecule has 1 unspecified atom stereocenters. The smallest absolute Gasteiger partial charge is 0.311 e. The van der Waals surface area contributed by atoms with Gasteiger partial charge in [-0.2, -0.15) is 0 Å². The third kappa shape index (κ3) is 10.3. The number of hydrogen-bond acceptors (Lipinski definition) is 13. The maximum Gasteiger partial charge on any atom is 0.311 e. The molecule has 0 aromatic heterocycles. The molecule has 3 aliphatic rings. The van der Waals surface area contributed by atoms with Crippen LogP contribution in [0.1, 0.15) is 80.2 Å². The van der Waals surface area contributed by atoms with Gasteiger partial charge in [-0.1, -0.05) is 58.0 Å². The van der Waals surface area contributed by atoms with E-state index in [2.05, 4.69) is 5.32 Å². The Hall–Kier alpha value is -2.04. The quantitative estimate of drug-likeness (QED) is 0.183. The molecule has 0 spiro atoms. The number of nitrogens with zero attached hydrogens (tertiary/aromatic N) is 1. The molecule has 1 aromatic rings. The van der Waals surface area contributed by atoms with Gasteiger partial charge >= 0.3 is 5.97 Å². The van der Waals surface area contributed by atoms with Crippen LogP contribution in [0.2, 0.25) is 0 Å². The summed E-state index contributed by atoms with van der Waals surface area (Å²) < 4.78 is 32.4. The molecule has 4 rings (SSSR count). The molecule has 5 N–H and O–H groups in total. The number of ether oxygens (including phenoxy) is 5.